The highest BCUT2D eigenvalue weighted by atomic mass is 15.3. The lowest BCUT2D eigenvalue weighted by Gasteiger charge is -2.43. The van der Waals surface area contributed by atoms with E-state index in [9.17, 15) is 0 Å². The van der Waals surface area contributed by atoms with Crippen LogP contribution in [0.15, 0.2) is 6.33 Å². The van der Waals surface area contributed by atoms with Gasteiger partial charge in [-0.05, 0) is 27.2 Å². The lowest BCUT2D eigenvalue weighted by atomic mass is 10.0. The molecule has 0 amide bonds. The van der Waals surface area contributed by atoms with Crippen molar-refractivity contribution in [2.75, 3.05) is 36.8 Å². The van der Waals surface area contributed by atoms with Crippen molar-refractivity contribution in [1.29, 1.82) is 0 Å². The molecular formula is C14H25N5. The molecule has 0 unspecified atom stereocenters. The zero-order valence-electron chi connectivity index (χ0n) is 12.5. The second kappa shape index (κ2) is 5.33. The van der Waals surface area contributed by atoms with Crippen LogP contribution in [0.25, 0.3) is 0 Å². The first-order chi connectivity index (χ1) is 8.93. The first-order valence-electron chi connectivity index (χ1n) is 7.03. The van der Waals surface area contributed by atoms with Crippen LogP contribution in [-0.2, 0) is 6.42 Å². The van der Waals surface area contributed by atoms with Crippen LogP contribution in [0.3, 0.4) is 0 Å². The minimum atomic E-state index is 0.240. The maximum atomic E-state index is 5.95. The molecule has 5 nitrogen and oxygen atoms in total. The summed E-state index contributed by atoms with van der Waals surface area (Å²) in [6, 6.07) is 0. The fourth-order valence-electron chi connectivity index (χ4n) is 2.62. The summed E-state index contributed by atoms with van der Waals surface area (Å²) >= 11 is 0. The molecule has 1 aromatic rings. The molecule has 2 heterocycles. The van der Waals surface area contributed by atoms with E-state index in [1.807, 2.05) is 0 Å². The summed E-state index contributed by atoms with van der Waals surface area (Å²) in [5.74, 6) is 1.63. The molecule has 0 aromatic carbocycles. The van der Waals surface area contributed by atoms with Gasteiger partial charge in [0.2, 0.25) is 0 Å². The average Bonchev–Trinajstić information content (AvgIpc) is 2.37. The van der Waals surface area contributed by atoms with Crippen molar-refractivity contribution >= 4 is 11.6 Å². The summed E-state index contributed by atoms with van der Waals surface area (Å²) in [5, 5.41) is 0. The van der Waals surface area contributed by atoms with Crippen LogP contribution in [0, 0.1) is 0 Å². The minimum Gasteiger partial charge on any atom is -0.383 e. The molecule has 19 heavy (non-hydrogen) atoms. The van der Waals surface area contributed by atoms with E-state index >= 15 is 0 Å². The van der Waals surface area contributed by atoms with Crippen molar-refractivity contribution in [3.8, 4) is 0 Å². The lowest BCUT2D eigenvalue weighted by molar-refractivity contribution is 0.128. The Labute approximate surface area is 115 Å². The molecule has 0 atom stereocenters. The average molecular weight is 263 g/mol. The van der Waals surface area contributed by atoms with Gasteiger partial charge in [-0.1, -0.05) is 6.92 Å². The van der Waals surface area contributed by atoms with Crippen molar-refractivity contribution in [2.24, 2.45) is 0 Å². The highest BCUT2D eigenvalue weighted by molar-refractivity contribution is 5.56. The smallest absolute Gasteiger partial charge is 0.137 e. The first-order valence-corrected chi connectivity index (χ1v) is 7.03. The van der Waals surface area contributed by atoms with Gasteiger partial charge in [-0.25, -0.2) is 9.97 Å². The summed E-state index contributed by atoms with van der Waals surface area (Å²) in [6.07, 6.45) is 2.45. The topological polar surface area (TPSA) is 58.3 Å². The number of nitrogens with two attached hydrogens (primary N) is 1. The van der Waals surface area contributed by atoms with Crippen LogP contribution >= 0.6 is 0 Å². The van der Waals surface area contributed by atoms with E-state index in [0.29, 0.717) is 5.82 Å². The maximum Gasteiger partial charge on any atom is 0.137 e. The van der Waals surface area contributed by atoms with E-state index in [2.05, 4.69) is 47.5 Å². The quantitative estimate of drug-likeness (QED) is 0.877. The van der Waals surface area contributed by atoms with Crippen LogP contribution in [-0.4, -0.2) is 46.6 Å². The van der Waals surface area contributed by atoms with Crippen LogP contribution < -0.4 is 10.6 Å². The highest BCUT2D eigenvalue weighted by Gasteiger charge is 2.27. The van der Waals surface area contributed by atoms with E-state index < -0.39 is 0 Å². The second-order valence-electron chi connectivity index (χ2n) is 6.06. The summed E-state index contributed by atoms with van der Waals surface area (Å²) in [5.41, 5.74) is 7.26. The van der Waals surface area contributed by atoms with Gasteiger partial charge in [-0.2, -0.15) is 0 Å². The Kier molecular flexibility index (Phi) is 3.94. The summed E-state index contributed by atoms with van der Waals surface area (Å²) in [4.78, 5) is 13.4. The van der Waals surface area contributed by atoms with E-state index in [1.165, 1.54) is 0 Å². The number of hydrogen-bond donors (Lipinski definition) is 1. The van der Waals surface area contributed by atoms with Crippen molar-refractivity contribution in [1.82, 2.24) is 14.9 Å². The van der Waals surface area contributed by atoms with Crippen LogP contribution in [0.2, 0.25) is 0 Å². The van der Waals surface area contributed by atoms with E-state index in [4.69, 9.17) is 5.73 Å². The van der Waals surface area contributed by atoms with E-state index in [0.717, 1.165) is 44.0 Å². The van der Waals surface area contributed by atoms with Crippen molar-refractivity contribution in [2.45, 2.75) is 39.7 Å². The number of hydrogen-bond acceptors (Lipinski definition) is 5. The molecular weight excluding hydrogens is 238 g/mol. The SMILES string of the molecule is CCc1c(N)ncnc1N1CCN(C(C)(C)C)CC1. The number of rotatable bonds is 2. The predicted octanol–water partition coefficient (Wildman–Crippen LogP) is 1.54. The molecule has 0 radical (unpaired) electrons. The molecule has 1 saturated heterocycles. The molecule has 0 bridgehead atoms. The van der Waals surface area contributed by atoms with Gasteiger partial charge in [0.05, 0.1) is 0 Å². The van der Waals surface area contributed by atoms with Gasteiger partial charge in [0.25, 0.3) is 0 Å². The number of nitrogens with zero attached hydrogens (tertiary/aromatic N) is 4. The number of aromatic nitrogens is 2. The molecule has 1 fully saturated rings. The predicted molar refractivity (Wildman–Crippen MR) is 79.4 cm³/mol. The molecule has 106 valence electrons. The molecule has 1 aliphatic heterocycles. The van der Waals surface area contributed by atoms with Gasteiger partial charge in [-0.3, -0.25) is 4.90 Å². The van der Waals surface area contributed by atoms with Gasteiger partial charge in [0.15, 0.2) is 0 Å². The largest absolute Gasteiger partial charge is 0.383 e. The zero-order chi connectivity index (χ0) is 14.0. The monoisotopic (exact) mass is 263 g/mol. The summed E-state index contributed by atoms with van der Waals surface area (Å²) in [6.45, 7) is 13.0. The summed E-state index contributed by atoms with van der Waals surface area (Å²) in [7, 11) is 0. The third kappa shape index (κ3) is 2.97. The Morgan fingerprint density at radius 1 is 1.16 bits per heavy atom. The van der Waals surface area contributed by atoms with Crippen molar-refractivity contribution in [3.05, 3.63) is 11.9 Å². The number of anilines is 2. The van der Waals surface area contributed by atoms with Gasteiger partial charge < -0.3 is 10.6 Å². The number of piperazine rings is 1. The molecule has 1 aromatic heterocycles. The maximum absolute atomic E-state index is 5.95. The molecule has 5 heteroatoms. The normalized spacial score (nSPS) is 17.8. The molecule has 0 saturated carbocycles. The Balaban J connectivity index is 2.12. The highest BCUT2D eigenvalue weighted by Crippen LogP contribution is 2.24. The Hall–Kier alpha value is -1.36. The molecule has 2 N–H and O–H groups in total. The van der Waals surface area contributed by atoms with Crippen LogP contribution in [0.4, 0.5) is 11.6 Å². The van der Waals surface area contributed by atoms with E-state index in [1.54, 1.807) is 6.33 Å². The van der Waals surface area contributed by atoms with Gasteiger partial charge in [0.1, 0.15) is 18.0 Å². The van der Waals surface area contributed by atoms with Gasteiger partial charge in [-0.15, -0.1) is 0 Å². The standard InChI is InChI=1S/C14H25N5/c1-5-11-12(15)16-10-17-13(11)18-6-8-19(9-7-18)14(2,3)4/h10H,5-9H2,1-4H3,(H2,15,16,17). The van der Waals surface area contributed by atoms with Gasteiger partial charge >= 0.3 is 0 Å². The molecule has 0 spiro atoms. The minimum absolute atomic E-state index is 0.240. The third-order valence-corrected chi connectivity index (χ3v) is 3.84. The third-order valence-electron chi connectivity index (χ3n) is 3.84. The first kappa shape index (κ1) is 14.1. The van der Waals surface area contributed by atoms with Crippen molar-refractivity contribution in [3.63, 3.8) is 0 Å². The Morgan fingerprint density at radius 3 is 2.32 bits per heavy atom. The van der Waals surface area contributed by atoms with E-state index in [-0.39, 0.29) is 5.54 Å². The number of nitrogen functional groups attached to an aromatic ring is 1. The fraction of sp³-hybridized carbons (Fsp3) is 0.714. The van der Waals surface area contributed by atoms with Crippen LogP contribution in [0.5, 0.6) is 0 Å². The molecule has 0 aliphatic carbocycles. The van der Waals surface area contributed by atoms with Crippen molar-refractivity contribution < 1.29 is 0 Å². The van der Waals surface area contributed by atoms with Gasteiger partial charge in [0, 0.05) is 37.3 Å². The molecule has 2 rings (SSSR count). The molecule has 1 aliphatic rings. The van der Waals surface area contributed by atoms with Crippen LogP contribution in [0.1, 0.15) is 33.3 Å². The lowest BCUT2D eigenvalue weighted by Crippen LogP contribution is -2.53. The fourth-order valence-corrected chi connectivity index (χ4v) is 2.62. The Bertz CT molecular complexity index is 430. The second-order valence-corrected chi connectivity index (χ2v) is 6.06. The summed E-state index contributed by atoms with van der Waals surface area (Å²) < 4.78 is 0. The Morgan fingerprint density at radius 2 is 1.79 bits per heavy atom. The zero-order valence-corrected chi connectivity index (χ0v) is 12.5.